The Kier molecular flexibility index (Phi) is 5.03. The summed E-state index contributed by atoms with van der Waals surface area (Å²) in [6, 6.07) is 9.40. The van der Waals surface area contributed by atoms with Gasteiger partial charge in [-0.25, -0.2) is 13.8 Å². The fraction of sp³-hybridized carbons (Fsp3) is 0.333. The fourth-order valence-corrected chi connectivity index (χ4v) is 2.86. The van der Waals surface area contributed by atoms with Crippen molar-refractivity contribution < 1.29 is 18.3 Å². The van der Waals surface area contributed by atoms with E-state index < -0.39 is 12.5 Å². The zero-order chi connectivity index (χ0) is 18.0. The molecule has 132 valence electrons. The maximum absolute atomic E-state index is 13.4. The van der Waals surface area contributed by atoms with E-state index in [2.05, 4.69) is 20.9 Å². The molecule has 0 saturated carbocycles. The topological polar surface area (TPSA) is 42.4 Å². The molecule has 0 saturated heterocycles. The highest BCUT2D eigenvalue weighted by Gasteiger charge is 2.33. The van der Waals surface area contributed by atoms with Crippen molar-refractivity contribution in [3.8, 4) is 5.88 Å². The van der Waals surface area contributed by atoms with Crippen molar-refractivity contribution >= 4 is 21.8 Å². The van der Waals surface area contributed by atoms with Crippen molar-refractivity contribution in [1.82, 2.24) is 9.88 Å². The van der Waals surface area contributed by atoms with Crippen molar-refractivity contribution in [2.75, 3.05) is 6.61 Å². The van der Waals surface area contributed by atoms with Crippen LogP contribution in [0, 0.1) is 0 Å². The fourth-order valence-electron chi connectivity index (χ4n) is 2.60. The lowest BCUT2D eigenvalue weighted by Gasteiger charge is -2.17. The Morgan fingerprint density at radius 3 is 2.68 bits per heavy atom. The molecule has 25 heavy (non-hydrogen) atoms. The van der Waals surface area contributed by atoms with Crippen molar-refractivity contribution in [1.29, 1.82) is 0 Å². The van der Waals surface area contributed by atoms with Crippen molar-refractivity contribution in [3.63, 3.8) is 0 Å². The monoisotopic (exact) mass is 410 g/mol. The summed E-state index contributed by atoms with van der Waals surface area (Å²) >= 11 is 3.38. The summed E-state index contributed by atoms with van der Waals surface area (Å²) in [5.41, 5.74) is 2.01. The zero-order valence-corrected chi connectivity index (χ0v) is 15.2. The van der Waals surface area contributed by atoms with Crippen LogP contribution >= 0.6 is 15.9 Å². The lowest BCUT2D eigenvalue weighted by molar-refractivity contribution is -0.0449. The second kappa shape index (κ2) is 7.07. The number of alkyl halides is 2. The molecule has 1 aromatic heterocycles. The van der Waals surface area contributed by atoms with Crippen LogP contribution in [0.2, 0.25) is 0 Å². The van der Waals surface area contributed by atoms with Crippen LogP contribution in [0.1, 0.15) is 34.8 Å². The maximum atomic E-state index is 13.4. The lowest BCUT2D eigenvalue weighted by Crippen LogP contribution is -2.26. The Bertz CT molecular complexity index is 781. The first-order valence-corrected chi connectivity index (χ1v) is 8.71. The van der Waals surface area contributed by atoms with Crippen LogP contribution < -0.4 is 4.74 Å². The van der Waals surface area contributed by atoms with Crippen LogP contribution in [0.25, 0.3) is 0 Å². The van der Waals surface area contributed by atoms with E-state index in [0.29, 0.717) is 13.1 Å². The highest BCUT2D eigenvalue weighted by atomic mass is 79.9. The predicted octanol–water partition coefficient (Wildman–Crippen LogP) is 4.42. The molecular formula is C18H17BrF2N2O2. The maximum Gasteiger partial charge on any atom is 0.281 e. The van der Waals surface area contributed by atoms with E-state index in [1.807, 2.05) is 24.3 Å². The Balaban J connectivity index is 1.77. The van der Waals surface area contributed by atoms with Gasteiger partial charge in [-0.1, -0.05) is 35.0 Å². The second-order valence-electron chi connectivity index (χ2n) is 5.94. The number of pyridine rings is 1. The van der Waals surface area contributed by atoms with Gasteiger partial charge >= 0.3 is 0 Å². The predicted molar refractivity (Wildman–Crippen MR) is 92.7 cm³/mol. The number of hydrogen-bond acceptors (Lipinski definition) is 3. The molecule has 0 fully saturated rings. The van der Waals surface area contributed by atoms with Crippen molar-refractivity contribution in [3.05, 3.63) is 57.7 Å². The van der Waals surface area contributed by atoms with E-state index in [4.69, 9.17) is 4.74 Å². The highest BCUT2D eigenvalue weighted by Crippen LogP contribution is 2.31. The number of rotatable bonds is 6. The summed E-state index contributed by atoms with van der Waals surface area (Å²) in [7, 11) is 0. The molecule has 1 amide bonds. The van der Waals surface area contributed by atoms with Gasteiger partial charge in [0.15, 0.2) is 6.61 Å². The van der Waals surface area contributed by atoms with Crippen LogP contribution in [0.5, 0.6) is 5.88 Å². The molecule has 1 aromatic carbocycles. The van der Waals surface area contributed by atoms with Gasteiger partial charge in [-0.15, -0.1) is 0 Å². The van der Waals surface area contributed by atoms with Gasteiger partial charge in [0.25, 0.3) is 11.8 Å². The number of carbonyl (C=O) groups is 1. The molecule has 2 heterocycles. The summed E-state index contributed by atoms with van der Waals surface area (Å²) in [6.07, 6.45) is 1.15. The number of halogens is 3. The molecule has 1 aliphatic rings. The smallest absolute Gasteiger partial charge is 0.281 e. The largest absolute Gasteiger partial charge is 0.471 e. The van der Waals surface area contributed by atoms with Crippen LogP contribution in [-0.4, -0.2) is 28.3 Å². The van der Waals surface area contributed by atoms with Gasteiger partial charge in [0, 0.05) is 30.2 Å². The molecule has 0 unspecified atom stereocenters. The Hall–Kier alpha value is -2.02. The van der Waals surface area contributed by atoms with E-state index in [0.717, 1.165) is 15.6 Å². The summed E-state index contributed by atoms with van der Waals surface area (Å²) in [6.45, 7) is 1.45. The third-order valence-corrected chi connectivity index (χ3v) is 4.62. The number of carbonyl (C=O) groups excluding carboxylic acids is 1. The van der Waals surface area contributed by atoms with E-state index in [-0.39, 0.29) is 23.8 Å². The molecule has 0 N–H and O–H groups in total. The molecule has 1 aliphatic heterocycles. The summed E-state index contributed by atoms with van der Waals surface area (Å²) in [4.78, 5) is 18.3. The number of aromatic nitrogens is 1. The number of fused-ring (bicyclic) bond motifs is 1. The van der Waals surface area contributed by atoms with E-state index in [9.17, 15) is 13.6 Å². The van der Waals surface area contributed by atoms with Gasteiger partial charge in [-0.3, -0.25) is 4.79 Å². The van der Waals surface area contributed by atoms with Gasteiger partial charge in [0.05, 0.1) is 0 Å². The normalized spacial score (nSPS) is 13.9. The number of ether oxygens (including phenoxy) is 1. The summed E-state index contributed by atoms with van der Waals surface area (Å²) < 4.78 is 33.0. The molecule has 0 radical (unpaired) electrons. The molecule has 0 spiro atoms. The Morgan fingerprint density at radius 2 is 2.00 bits per heavy atom. The van der Waals surface area contributed by atoms with Gasteiger partial charge < -0.3 is 9.64 Å². The molecule has 2 aromatic rings. The number of nitrogens with zero attached hydrogens (tertiary/aromatic N) is 2. The minimum absolute atomic E-state index is 0.0195. The van der Waals surface area contributed by atoms with Crippen LogP contribution in [-0.2, 0) is 13.1 Å². The zero-order valence-electron chi connectivity index (χ0n) is 13.6. The lowest BCUT2D eigenvalue weighted by atomic mass is 10.2. The number of hydrogen-bond donors (Lipinski definition) is 0. The molecule has 7 heteroatoms. The van der Waals surface area contributed by atoms with E-state index in [1.165, 1.54) is 13.1 Å². The Labute approximate surface area is 152 Å². The van der Waals surface area contributed by atoms with Gasteiger partial charge in [0.1, 0.15) is 5.56 Å². The molecular weight excluding hydrogens is 394 g/mol. The first kappa shape index (κ1) is 17.8. The first-order chi connectivity index (χ1) is 11.9. The van der Waals surface area contributed by atoms with Gasteiger partial charge in [-0.2, -0.15) is 0 Å². The number of amides is 1. The molecule has 0 atom stereocenters. The SMILES string of the molecule is CCC(F)(F)COc1nccc2c1C(=O)N(Cc1ccc(Br)cc1)C2. The van der Waals surface area contributed by atoms with E-state index in [1.54, 1.807) is 11.0 Å². The van der Waals surface area contributed by atoms with Gasteiger partial charge in [-0.05, 0) is 29.3 Å². The highest BCUT2D eigenvalue weighted by molar-refractivity contribution is 9.10. The third kappa shape index (κ3) is 3.98. The van der Waals surface area contributed by atoms with E-state index >= 15 is 0 Å². The molecule has 4 nitrogen and oxygen atoms in total. The minimum atomic E-state index is -2.94. The first-order valence-electron chi connectivity index (χ1n) is 7.92. The average molecular weight is 411 g/mol. The molecule has 0 bridgehead atoms. The summed E-state index contributed by atoms with van der Waals surface area (Å²) in [5.74, 6) is -3.21. The average Bonchev–Trinajstić information content (AvgIpc) is 2.92. The molecule has 3 rings (SSSR count). The minimum Gasteiger partial charge on any atom is -0.471 e. The van der Waals surface area contributed by atoms with Gasteiger partial charge in [0.2, 0.25) is 5.88 Å². The molecule has 0 aliphatic carbocycles. The second-order valence-corrected chi connectivity index (χ2v) is 6.85. The Morgan fingerprint density at radius 1 is 1.28 bits per heavy atom. The van der Waals surface area contributed by atoms with Crippen molar-refractivity contribution in [2.24, 2.45) is 0 Å². The summed E-state index contributed by atoms with van der Waals surface area (Å²) in [5, 5.41) is 0. The quantitative estimate of drug-likeness (QED) is 0.707. The van der Waals surface area contributed by atoms with Crippen LogP contribution in [0.3, 0.4) is 0 Å². The standard InChI is InChI=1S/C18H17BrF2N2O2/c1-2-18(20,21)11-25-16-15-13(7-8-22-16)10-23(17(15)24)9-12-3-5-14(19)6-4-12/h3-8H,2,9-11H2,1H3. The van der Waals surface area contributed by atoms with Crippen LogP contribution in [0.4, 0.5) is 8.78 Å². The van der Waals surface area contributed by atoms with Crippen LogP contribution in [0.15, 0.2) is 41.0 Å². The third-order valence-electron chi connectivity index (χ3n) is 4.09. The number of benzene rings is 1. The van der Waals surface area contributed by atoms with Crippen molar-refractivity contribution in [2.45, 2.75) is 32.4 Å².